The topological polar surface area (TPSA) is 70.8 Å². The van der Waals surface area contributed by atoms with Crippen molar-refractivity contribution in [3.63, 3.8) is 0 Å². The fourth-order valence-electron chi connectivity index (χ4n) is 4.06. The van der Waals surface area contributed by atoms with E-state index in [9.17, 15) is 4.79 Å². The second-order valence-electron chi connectivity index (χ2n) is 7.93. The number of hydrogen-bond acceptors (Lipinski definition) is 5. The zero-order valence-corrected chi connectivity index (χ0v) is 18.0. The summed E-state index contributed by atoms with van der Waals surface area (Å²) >= 11 is 6.36. The number of benzene rings is 2. The van der Waals surface area contributed by atoms with E-state index in [4.69, 9.17) is 22.1 Å². The van der Waals surface area contributed by atoms with Crippen LogP contribution < -0.4 is 20.7 Å². The van der Waals surface area contributed by atoms with Gasteiger partial charge in [0.15, 0.2) is 0 Å². The number of anilines is 3. The molecule has 0 unspecified atom stereocenters. The van der Waals surface area contributed by atoms with Crippen molar-refractivity contribution in [3.8, 4) is 5.75 Å². The molecule has 4 rings (SSSR count). The third-order valence-corrected chi connectivity index (χ3v) is 6.25. The van der Waals surface area contributed by atoms with E-state index in [1.807, 2.05) is 30.3 Å². The third kappa shape index (κ3) is 4.99. The van der Waals surface area contributed by atoms with Crippen LogP contribution in [0.15, 0.2) is 36.4 Å². The second kappa shape index (κ2) is 9.58. The van der Waals surface area contributed by atoms with Crippen LogP contribution >= 0.6 is 11.6 Å². The molecule has 0 saturated carbocycles. The summed E-state index contributed by atoms with van der Waals surface area (Å²) in [6, 6.07) is 11.8. The summed E-state index contributed by atoms with van der Waals surface area (Å²) in [5, 5.41) is 3.58. The number of nitrogen functional groups attached to an aromatic ring is 1. The maximum atomic E-state index is 11.5. The predicted octanol–water partition coefficient (Wildman–Crippen LogP) is 3.79. The van der Waals surface area contributed by atoms with E-state index < -0.39 is 0 Å². The standard InChI is InChI=1S/C23H29ClN4O2/c24-23-19(25)4-3-5-21(23)28-13-11-27(12-14-28)10-1-2-15-30-18-8-6-17-7-9-22(29)26-20(17)16-18/h3-6,8,16H,1-2,7,9-15,25H2,(H,26,29). The predicted molar refractivity (Wildman–Crippen MR) is 123 cm³/mol. The van der Waals surface area contributed by atoms with Crippen molar-refractivity contribution in [2.45, 2.75) is 25.7 Å². The Hall–Kier alpha value is -2.44. The van der Waals surface area contributed by atoms with Crippen LogP contribution in [0.3, 0.4) is 0 Å². The Kier molecular flexibility index (Phi) is 6.65. The summed E-state index contributed by atoms with van der Waals surface area (Å²) in [5.41, 5.74) is 9.67. The Balaban J connectivity index is 1.15. The van der Waals surface area contributed by atoms with E-state index in [1.54, 1.807) is 0 Å². The number of rotatable bonds is 7. The summed E-state index contributed by atoms with van der Waals surface area (Å²) in [5.74, 6) is 0.904. The minimum absolute atomic E-state index is 0.0813. The summed E-state index contributed by atoms with van der Waals surface area (Å²) in [6.07, 6.45) is 3.47. The van der Waals surface area contributed by atoms with Crippen molar-refractivity contribution >= 4 is 34.6 Å². The maximum Gasteiger partial charge on any atom is 0.224 e. The number of carbonyl (C=O) groups is 1. The van der Waals surface area contributed by atoms with Gasteiger partial charge in [0, 0.05) is 44.4 Å². The fraction of sp³-hybridized carbons (Fsp3) is 0.435. The van der Waals surface area contributed by atoms with Gasteiger partial charge in [-0.3, -0.25) is 9.69 Å². The number of nitrogens with zero attached hydrogens (tertiary/aromatic N) is 2. The smallest absolute Gasteiger partial charge is 0.224 e. The van der Waals surface area contributed by atoms with Crippen molar-refractivity contribution in [3.05, 3.63) is 47.0 Å². The van der Waals surface area contributed by atoms with E-state index >= 15 is 0 Å². The molecule has 160 valence electrons. The molecule has 7 heteroatoms. The molecule has 2 heterocycles. The number of carbonyl (C=O) groups excluding carboxylic acids is 1. The van der Waals surface area contributed by atoms with Crippen LogP contribution in [-0.4, -0.2) is 50.1 Å². The molecule has 30 heavy (non-hydrogen) atoms. The van der Waals surface area contributed by atoms with Crippen molar-refractivity contribution in [1.82, 2.24) is 4.90 Å². The second-order valence-corrected chi connectivity index (χ2v) is 8.31. The van der Waals surface area contributed by atoms with Crippen molar-refractivity contribution in [1.29, 1.82) is 0 Å². The molecule has 0 aromatic heterocycles. The highest BCUT2D eigenvalue weighted by Gasteiger charge is 2.19. The number of fused-ring (bicyclic) bond motifs is 1. The number of nitrogens with two attached hydrogens (primary N) is 1. The van der Waals surface area contributed by atoms with Gasteiger partial charge >= 0.3 is 0 Å². The van der Waals surface area contributed by atoms with E-state index in [-0.39, 0.29) is 5.91 Å². The average Bonchev–Trinajstić information content (AvgIpc) is 2.76. The first-order chi connectivity index (χ1) is 14.6. The summed E-state index contributed by atoms with van der Waals surface area (Å²) in [6.45, 7) is 5.72. The molecule has 1 amide bonds. The van der Waals surface area contributed by atoms with Crippen molar-refractivity contribution in [2.75, 3.05) is 55.3 Å². The minimum Gasteiger partial charge on any atom is -0.494 e. The Labute approximate surface area is 182 Å². The molecule has 1 fully saturated rings. The lowest BCUT2D eigenvalue weighted by atomic mass is 10.0. The first kappa shape index (κ1) is 20.8. The number of ether oxygens (including phenoxy) is 1. The molecule has 0 radical (unpaired) electrons. The molecule has 0 spiro atoms. The molecular formula is C23H29ClN4O2. The molecule has 0 bridgehead atoms. The lowest BCUT2D eigenvalue weighted by Gasteiger charge is -2.36. The van der Waals surface area contributed by atoms with Crippen LogP contribution in [0.2, 0.25) is 5.02 Å². The molecule has 0 aliphatic carbocycles. The molecule has 2 aromatic rings. The molecule has 2 aliphatic heterocycles. The summed E-state index contributed by atoms with van der Waals surface area (Å²) < 4.78 is 5.89. The normalized spacial score (nSPS) is 16.8. The van der Waals surface area contributed by atoms with Gasteiger partial charge < -0.3 is 20.7 Å². The first-order valence-electron chi connectivity index (χ1n) is 10.7. The van der Waals surface area contributed by atoms with Crippen LogP contribution in [0.4, 0.5) is 17.1 Å². The van der Waals surface area contributed by atoms with E-state index in [0.29, 0.717) is 23.7 Å². The van der Waals surface area contributed by atoms with E-state index in [0.717, 1.165) is 69.1 Å². The Morgan fingerprint density at radius 1 is 1.07 bits per heavy atom. The number of unbranched alkanes of at least 4 members (excludes halogenated alkanes) is 1. The van der Waals surface area contributed by atoms with Crippen molar-refractivity contribution in [2.24, 2.45) is 0 Å². The van der Waals surface area contributed by atoms with Gasteiger partial charge in [0.05, 0.1) is 23.0 Å². The fourth-order valence-corrected chi connectivity index (χ4v) is 4.31. The van der Waals surface area contributed by atoms with E-state index in [1.165, 1.54) is 5.56 Å². The third-order valence-electron chi connectivity index (χ3n) is 5.84. The maximum absolute atomic E-state index is 11.5. The summed E-state index contributed by atoms with van der Waals surface area (Å²) in [7, 11) is 0. The number of halogens is 1. The lowest BCUT2D eigenvalue weighted by molar-refractivity contribution is -0.116. The molecule has 0 atom stereocenters. The van der Waals surface area contributed by atoms with Crippen LogP contribution in [0.5, 0.6) is 5.75 Å². The Morgan fingerprint density at radius 3 is 2.73 bits per heavy atom. The number of nitrogens with one attached hydrogen (secondary N) is 1. The quantitative estimate of drug-likeness (QED) is 0.518. The molecule has 3 N–H and O–H groups in total. The molecule has 2 aliphatic rings. The number of aryl methyl sites for hydroxylation is 1. The first-order valence-corrected chi connectivity index (χ1v) is 11.0. The van der Waals surface area contributed by atoms with Crippen LogP contribution in [0, 0.1) is 0 Å². The Bertz CT molecular complexity index is 897. The molecule has 1 saturated heterocycles. The number of piperazine rings is 1. The van der Waals surface area contributed by atoms with E-state index in [2.05, 4.69) is 21.2 Å². The van der Waals surface area contributed by atoms with Gasteiger partial charge in [0.25, 0.3) is 0 Å². The highest BCUT2D eigenvalue weighted by molar-refractivity contribution is 6.35. The zero-order valence-electron chi connectivity index (χ0n) is 17.2. The van der Waals surface area contributed by atoms with Crippen LogP contribution in [-0.2, 0) is 11.2 Å². The van der Waals surface area contributed by atoms with Crippen LogP contribution in [0.1, 0.15) is 24.8 Å². The SMILES string of the molecule is Nc1cccc(N2CCN(CCCCOc3ccc4c(c3)NC(=O)CC4)CC2)c1Cl. The number of hydrogen-bond donors (Lipinski definition) is 2. The van der Waals surface area contributed by atoms with Gasteiger partial charge in [-0.1, -0.05) is 23.7 Å². The largest absolute Gasteiger partial charge is 0.494 e. The van der Waals surface area contributed by atoms with Gasteiger partial charge in [-0.15, -0.1) is 0 Å². The Morgan fingerprint density at radius 2 is 1.90 bits per heavy atom. The van der Waals surface area contributed by atoms with Gasteiger partial charge in [0.2, 0.25) is 5.91 Å². The van der Waals surface area contributed by atoms with Gasteiger partial charge in [-0.2, -0.15) is 0 Å². The molecular weight excluding hydrogens is 400 g/mol. The van der Waals surface area contributed by atoms with Crippen molar-refractivity contribution < 1.29 is 9.53 Å². The van der Waals surface area contributed by atoms with Gasteiger partial charge in [-0.05, 0) is 49.6 Å². The van der Waals surface area contributed by atoms with Gasteiger partial charge in [-0.25, -0.2) is 0 Å². The summed E-state index contributed by atoms with van der Waals surface area (Å²) in [4.78, 5) is 16.4. The average molecular weight is 429 g/mol. The zero-order chi connectivity index (χ0) is 20.9. The van der Waals surface area contributed by atoms with Crippen LogP contribution in [0.25, 0.3) is 0 Å². The molecule has 2 aromatic carbocycles. The molecule has 6 nitrogen and oxygen atoms in total. The lowest BCUT2D eigenvalue weighted by Crippen LogP contribution is -2.46. The number of amides is 1. The monoisotopic (exact) mass is 428 g/mol. The minimum atomic E-state index is 0.0813. The van der Waals surface area contributed by atoms with Gasteiger partial charge in [0.1, 0.15) is 5.75 Å². The highest BCUT2D eigenvalue weighted by atomic mass is 35.5. The highest BCUT2D eigenvalue weighted by Crippen LogP contribution is 2.31.